The Balaban J connectivity index is 2.24. The van der Waals surface area contributed by atoms with Gasteiger partial charge in [-0.1, -0.05) is 74.9 Å². The lowest BCUT2D eigenvalue weighted by molar-refractivity contribution is -0.140. The number of hydrogen-bond donors (Lipinski definition) is 1. The molecule has 4 nitrogen and oxygen atoms in total. The van der Waals surface area contributed by atoms with Crippen LogP contribution in [0.25, 0.3) is 0 Å². The summed E-state index contributed by atoms with van der Waals surface area (Å²) in [6, 6.07) is 17.3. The average molecular weight is 381 g/mol. The van der Waals surface area contributed by atoms with Crippen molar-refractivity contribution < 1.29 is 9.59 Å². The van der Waals surface area contributed by atoms with Crippen molar-refractivity contribution in [3.05, 3.63) is 71.3 Å². The van der Waals surface area contributed by atoms with E-state index in [4.69, 9.17) is 0 Å². The first kappa shape index (κ1) is 21.7. The van der Waals surface area contributed by atoms with Crippen LogP contribution in [0.5, 0.6) is 0 Å². The second-order valence-corrected chi connectivity index (χ2v) is 7.18. The second-order valence-electron chi connectivity index (χ2n) is 7.18. The quantitative estimate of drug-likeness (QED) is 0.626. The predicted molar refractivity (Wildman–Crippen MR) is 114 cm³/mol. The van der Waals surface area contributed by atoms with Crippen molar-refractivity contribution in [2.45, 2.75) is 59.0 Å². The molecule has 1 N–H and O–H groups in total. The van der Waals surface area contributed by atoms with Gasteiger partial charge in [0.2, 0.25) is 11.8 Å². The molecule has 150 valence electrons. The van der Waals surface area contributed by atoms with Crippen molar-refractivity contribution >= 4 is 11.8 Å². The number of unbranched alkanes of at least 4 members (excludes halogenated alkanes) is 1. The van der Waals surface area contributed by atoms with Gasteiger partial charge in [-0.05, 0) is 36.5 Å². The van der Waals surface area contributed by atoms with E-state index in [1.165, 1.54) is 0 Å². The number of nitrogens with zero attached hydrogens (tertiary/aromatic N) is 1. The zero-order valence-electron chi connectivity index (χ0n) is 17.3. The van der Waals surface area contributed by atoms with Gasteiger partial charge in [0, 0.05) is 13.1 Å². The summed E-state index contributed by atoms with van der Waals surface area (Å²) in [6.45, 7) is 7.19. The Morgan fingerprint density at radius 2 is 1.68 bits per heavy atom. The van der Waals surface area contributed by atoms with E-state index < -0.39 is 6.04 Å². The summed E-state index contributed by atoms with van der Waals surface area (Å²) >= 11 is 0. The maximum Gasteiger partial charge on any atom is 0.242 e. The highest BCUT2D eigenvalue weighted by atomic mass is 16.2. The largest absolute Gasteiger partial charge is 0.354 e. The number of rotatable bonds is 10. The Kier molecular flexibility index (Phi) is 8.73. The summed E-state index contributed by atoms with van der Waals surface area (Å²) in [5.41, 5.74) is 3.16. The monoisotopic (exact) mass is 380 g/mol. The van der Waals surface area contributed by atoms with Gasteiger partial charge in [0.1, 0.15) is 6.04 Å². The van der Waals surface area contributed by atoms with Gasteiger partial charge in [0.15, 0.2) is 0 Å². The van der Waals surface area contributed by atoms with Crippen molar-refractivity contribution in [1.82, 2.24) is 10.2 Å². The minimum atomic E-state index is -0.465. The first-order valence-electron chi connectivity index (χ1n) is 10.2. The van der Waals surface area contributed by atoms with Crippen LogP contribution >= 0.6 is 0 Å². The minimum absolute atomic E-state index is 0.0213. The van der Waals surface area contributed by atoms with Gasteiger partial charge in [-0.15, -0.1) is 0 Å². The summed E-state index contributed by atoms with van der Waals surface area (Å²) in [6.07, 6.45) is 2.85. The van der Waals surface area contributed by atoms with Gasteiger partial charge >= 0.3 is 0 Å². The molecule has 0 aliphatic heterocycles. The molecule has 0 aliphatic rings. The molecular formula is C24H32N2O2. The van der Waals surface area contributed by atoms with Crippen LogP contribution in [-0.4, -0.2) is 29.3 Å². The zero-order valence-corrected chi connectivity index (χ0v) is 17.3. The molecule has 28 heavy (non-hydrogen) atoms. The second kappa shape index (κ2) is 11.3. The van der Waals surface area contributed by atoms with Crippen molar-refractivity contribution in [1.29, 1.82) is 0 Å². The molecule has 0 aliphatic carbocycles. The molecule has 0 saturated heterocycles. The van der Waals surface area contributed by atoms with E-state index in [2.05, 4.69) is 12.2 Å². The zero-order chi connectivity index (χ0) is 20.4. The number of carbonyl (C=O) groups excluding carboxylic acids is 2. The third-order valence-corrected chi connectivity index (χ3v) is 5.02. The number of aryl methyl sites for hydroxylation is 1. The highest BCUT2D eigenvalue weighted by molar-refractivity contribution is 5.88. The number of nitrogens with one attached hydrogen (secondary N) is 1. The minimum Gasteiger partial charge on any atom is -0.354 e. The van der Waals surface area contributed by atoms with Crippen LogP contribution in [-0.2, 0) is 22.6 Å². The molecule has 0 bridgehead atoms. The first-order chi connectivity index (χ1) is 13.6. The third kappa shape index (κ3) is 6.22. The molecule has 0 unspecified atom stereocenters. The molecule has 1 atom stereocenters. The summed E-state index contributed by atoms with van der Waals surface area (Å²) in [5.74, 6) is -0.0853. The summed E-state index contributed by atoms with van der Waals surface area (Å²) in [5, 5.41) is 3.00. The molecule has 0 aromatic heterocycles. The molecular weight excluding hydrogens is 348 g/mol. The van der Waals surface area contributed by atoms with Gasteiger partial charge in [-0.3, -0.25) is 9.59 Å². The van der Waals surface area contributed by atoms with E-state index in [1.54, 1.807) is 4.90 Å². The standard InChI is InChI=1S/C24H32N2O2/c1-4-6-16-25-24(28)22(5-2)26(18-21-15-11-10-12-19(21)3)23(27)17-20-13-8-7-9-14-20/h7-15,22H,4-6,16-18H2,1-3H3,(H,25,28)/t22-/m1/s1. The SMILES string of the molecule is CCCCNC(=O)[C@@H](CC)N(Cc1ccccc1C)C(=O)Cc1ccccc1. The van der Waals surface area contributed by atoms with E-state index >= 15 is 0 Å². The van der Waals surface area contributed by atoms with E-state index in [9.17, 15) is 9.59 Å². The average Bonchev–Trinajstić information content (AvgIpc) is 2.70. The Hall–Kier alpha value is -2.62. The Bertz CT molecular complexity index is 758. The summed E-state index contributed by atoms with van der Waals surface area (Å²) in [4.78, 5) is 27.8. The topological polar surface area (TPSA) is 49.4 Å². The Morgan fingerprint density at radius 1 is 1.00 bits per heavy atom. The van der Waals surface area contributed by atoms with Crippen LogP contribution in [0, 0.1) is 6.92 Å². The van der Waals surface area contributed by atoms with Crippen LogP contribution in [0.3, 0.4) is 0 Å². The van der Waals surface area contributed by atoms with Crippen LogP contribution in [0.1, 0.15) is 49.8 Å². The Morgan fingerprint density at radius 3 is 2.32 bits per heavy atom. The number of hydrogen-bond acceptors (Lipinski definition) is 2. The van der Waals surface area contributed by atoms with E-state index in [0.717, 1.165) is 29.5 Å². The molecule has 2 aromatic carbocycles. The fraction of sp³-hybridized carbons (Fsp3) is 0.417. The number of amides is 2. The number of benzene rings is 2. The summed E-state index contributed by atoms with van der Waals surface area (Å²) in [7, 11) is 0. The summed E-state index contributed by atoms with van der Waals surface area (Å²) < 4.78 is 0. The predicted octanol–water partition coefficient (Wildman–Crippen LogP) is 4.26. The van der Waals surface area contributed by atoms with Gasteiger partial charge < -0.3 is 10.2 Å². The molecule has 2 aromatic rings. The van der Waals surface area contributed by atoms with Crippen LogP contribution in [0.4, 0.5) is 0 Å². The molecule has 0 saturated carbocycles. The van der Waals surface area contributed by atoms with Crippen molar-refractivity contribution in [3.8, 4) is 0 Å². The maximum absolute atomic E-state index is 13.2. The van der Waals surface area contributed by atoms with E-state index in [-0.39, 0.29) is 11.8 Å². The molecule has 4 heteroatoms. The van der Waals surface area contributed by atoms with E-state index in [1.807, 2.05) is 68.4 Å². The normalized spacial score (nSPS) is 11.7. The lowest BCUT2D eigenvalue weighted by Crippen LogP contribution is -2.49. The molecule has 2 rings (SSSR count). The number of carbonyl (C=O) groups is 2. The third-order valence-electron chi connectivity index (χ3n) is 5.02. The highest BCUT2D eigenvalue weighted by Gasteiger charge is 2.28. The fourth-order valence-corrected chi connectivity index (χ4v) is 3.27. The smallest absolute Gasteiger partial charge is 0.242 e. The molecule has 0 radical (unpaired) electrons. The van der Waals surface area contributed by atoms with Gasteiger partial charge in [-0.25, -0.2) is 0 Å². The molecule has 0 heterocycles. The maximum atomic E-state index is 13.2. The first-order valence-corrected chi connectivity index (χ1v) is 10.2. The van der Waals surface area contributed by atoms with Crippen LogP contribution in [0.15, 0.2) is 54.6 Å². The van der Waals surface area contributed by atoms with Crippen molar-refractivity contribution in [2.24, 2.45) is 0 Å². The highest BCUT2D eigenvalue weighted by Crippen LogP contribution is 2.17. The fourth-order valence-electron chi connectivity index (χ4n) is 3.27. The molecule has 0 fully saturated rings. The lowest BCUT2D eigenvalue weighted by atomic mass is 10.0. The van der Waals surface area contributed by atoms with Crippen molar-refractivity contribution in [2.75, 3.05) is 6.54 Å². The van der Waals surface area contributed by atoms with E-state index in [0.29, 0.717) is 25.9 Å². The van der Waals surface area contributed by atoms with Crippen LogP contribution < -0.4 is 5.32 Å². The van der Waals surface area contributed by atoms with Gasteiger partial charge in [0.25, 0.3) is 0 Å². The van der Waals surface area contributed by atoms with Crippen molar-refractivity contribution in [3.63, 3.8) is 0 Å². The Labute approximate surface area is 169 Å². The lowest BCUT2D eigenvalue weighted by Gasteiger charge is -2.31. The van der Waals surface area contributed by atoms with Gasteiger partial charge in [0.05, 0.1) is 6.42 Å². The van der Waals surface area contributed by atoms with Gasteiger partial charge in [-0.2, -0.15) is 0 Å². The van der Waals surface area contributed by atoms with Crippen LogP contribution in [0.2, 0.25) is 0 Å². The molecule has 2 amide bonds. The molecule has 0 spiro atoms.